The molecule has 94 heavy (non-hydrogen) atoms. The number of carbonyl (C=O) groups is 4. The van der Waals surface area contributed by atoms with Crippen LogP contribution < -0.4 is 0 Å². The molecule has 0 aromatic rings. The predicted molar refractivity (Wildman–Crippen MR) is 381 cm³/mol. The van der Waals surface area contributed by atoms with Gasteiger partial charge in [0.05, 0.1) is 26.4 Å². The van der Waals surface area contributed by atoms with Gasteiger partial charge >= 0.3 is 39.5 Å². The van der Waals surface area contributed by atoms with Gasteiger partial charge in [0.25, 0.3) is 0 Å². The first-order chi connectivity index (χ1) is 45.3. The van der Waals surface area contributed by atoms with Crippen molar-refractivity contribution in [1.29, 1.82) is 0 Å². The number of unbranched alkanes of at least 4 members (excludes halogenated alkanes) is 40. The van der Waals surface area contributed by atoms with Gasteiger partial charge in [-0.1, -0.05) is 331 Å². The quantitative estimate of drug-likeness (QED) is 0.0222. The number of phosphoric ester groups is 2. The molecule has 0 amide bonds. The molecule has 17 nitrogen and oxygen atoms in total. The van der Waals surface area contributed by atoms with Crippen LogP contribution in [0.15, 0.2) is 0 Å². The highest BCUT2D eigenvalue weighted by Crippen LogP contribution is 2.45. The van der Waals surface area contributed by atoms with Crippen LogP contribution in [-0.4, -0.2) is 96.7 Å². The van der Waals surface area contributed by atoms with Crippen LogP contribution in [0.25, 0.3) is 0 Å². The van der Waals surface area contributed by atoms with Gasteiger partial charge in [0.15, 0.2) is 12.2 Å². The fourth-order valence-corrected chi connectivity index (χ4v) is 13.0. The Hall–Kier alpha value is -1.94. The van der Waals surface area contributed by atoms with Crippen molar-refractivity contribution in [2.45, 2.75) is 401 Å². The van der Waals surface area contributed by atoms with Crippen LogP contribution in [0.1, 0.15) is 382 Å². The number of ether oxygens (including phenoxy) is 4. The van der Waals surface area contributed by atoms with E-state index < -0.39 is 97.5 Å². The topological polar surface area (TPSA) is 237 Å². The van der Waals surface area contributed by atoms with Gasteiger partial charge in [-0.3, -0.25) is 37.3 Å². The maximum absolute atomic E-state index is 13.1. The molecular formula is C75H146O17P2. The van der Waals surface area contributed by atoms with E-state index in [2.05, 4.69) is 48.5 Å². The Bertz CT molecular complexity index is 1840. The van der Waals surface area contributed by atoms with E-state index in [0.29, 0.717) is 31.6 Å². The van der Waals surface area contributed by atoms with E-state index in [1.807, 2.05) is 0 Å². The largest absolute Gasteiger partial charge is 0.472 e. The van der Waals surface area contributed by atoms with E-state index in [4.69, 9.17) is 37.0 Å². The highest BCUT2D eigenvalue weighted by molar-refractivity contribution is 7.47. The maximum Gasteiger partial charge on any atom is 0.472 e. The zero-order valence-electron chi connectivity index (χ0n) is 61.4. The average Bonchev–Trinajstić information content (AvgIpc) is 1.27. The smallest absolute Gasteiger partial charge is 0.462 e. The van der Waals surface area contributed by atoms with Gasteiger partial charge in [-0.05, 0) is 43.4 Å². The van der Waals surface area contributed by atoms with Gasteiger partial charge in [0.1, 0.15) is 19.3 Å². The molecule has 0 aromatic heterocycles. The third-order valence-corrected chi connectivity index (χ3v) is 19.6. The lowest BCUT2D eigenvalue weighted by Crippen LogP contribution is -2.30. The third-order valence-electron chi connectivity index (χ3n) is 17.7. The molecule has 19 heteroatoms. The Morgan fingerprint density at radius 3 is 0.809 bits per heavy atom. The SMILES string of the molecule is CCCCCCCCCCC(=O)OC[C@H](COP(=O)(O)OC[C@H](O)COP(=O)(O)OC[C@@H](COC(=O)CCCCCCCCCCCCCCC(C)C)OC(=O)CCCCCCCCCCCCCCCCCCCCC(C)CC)OC(=O)CCCCCCCCC(C)C. The predicted octanol–water partition coefficient (Wildman–Crippen LogP) is 21.8. The maximum atomic E-state index is 13.1. The minimum atomic E-state index is -4.96. The van der Waals surface area contributed by atoms with Gasteiger partial charge in [-0.25, -0.2) is 9.13 Å². The fourth-order valence-electron chi connectivity index (χ4n) is 11.4. The monoisotopic (exact) mass is 1380 g/mol. The van der Waals surface area contributed by atoms with Crippen molar-refractivity contribution in [2.24, 2.45) is 17.8 Å². The first-order valence-corrected chi connectivity index (χ1v) is 41.9. The second-order valence-corrected chi connectivity index (χ2v) is 31.1. The minimum Gasteiger partial charge on any atom is -0.462 e. The van der Waals surface area contributed by atoms with Crippen molar-refractivity contribution in [3.05, 3.63) is 0 Å². The zero-order valence-corrected chi connectivity index (χ0v) is 63.2. The molecule has 0 aliphatic rings. The van der Waals surface area contributed by atoms with Gasteiger partial charge in [-0.15, -0.1) is 0 Å². The van der Waals surface area contributed by atoms with Crippen LogP contribution in [0, 0.1) is 17.8 Å². The Morgan fingerprint density at radius 2 is 0.543 bits per heavy atom. The number of aliphatic hydroxyl groups is 1. The Balaban J connectivity index is 5.15. The molecule has 0 bridgehead atoms. The molecule has 0 spiro atoms. The van der Waals surface area contributed by atoms with E-state index in [1.54, 1.807) is 0 Å². The first-order valence-electron chi connectivity index (χ1n) is 38.9. The van der Waals surface area contributed by atoms with E-state index in [1.165, 1.54) is 186 Å². The lowest BCUT2D eigenvalue weighted by atomic mass is 9.99. The molecule has 6 atom stereocenters. The molecule has 558 valence electrons. The number of carbonyl (C=O) groups excluding carboxylic acids is 4. The van der Waals surface area contributed by atoms with Crippen molar-refractivity contribution in [3.8, 4) is 0 Å². The van der Waals surface area contributed by atoms with Crippen LogP contribution in [0.2, 0.25) is 0 Å². The van der Waals surface area contributed by atoms with Gasteiger partial charge in [0, 0.05) is 25.7 Å². The number of rotatable bonds is 73. The summed E-state index contributed by atoms with van der Waals surface area (Å²) in [6.07, 6.45) is 51.7. The normalized spacial score (nSPS) is 14.4. The van der Waals surface area contributed by atoms with Crippen molar-refractivity contribution in [2.75, 3.05) is 39.6 Å². The average molecular weight is 1380 g/mol. The number of hydrogen-bond acceptors (Lipinski definition) is 15. The summed E-state index contributed by atoms with van der Waals surface area (Å²) in [5.41, 5.74) is 0. The van der Waals surface area contributed by atoms with Crippen LogP contribution in [0.5, 0.6) is 0 Å². The Labute approximate surface area is 575 Å². The van der Waals surface area contributed by atoms with Crippen LogP contribution >= 0.6 is 15.6 Å². The summed E-state index contributed by atoms with van der Waals surface area (Å²) in [5, 5.41) is 10.6. The van der Waals surface area contributed by atoms with Crippen molar-refractivity contribution in [1.82, 2.24) is 0 Å². The lowest BCUT2D eigenvalue weighted by molar-refractivity contribution is -0.161. The van der Waals surface area contributed by atoms with E-state index in [0.717, 1.165) is 108 Å². The molecule has 0 saturated heterocycles. The van der Waals surface area contributed by atoms with E-state index in [-0.39, 0.29) is 25.7 Å². The van der Waals surface area contributed by atoms with Gasteiger partial charge in [-0.2, -0.15) is 0 Å². The van der Waals surface area contributed by atoms with E-state index >= 15 is 0 Å². The Morgan fingerprint density at radius 1 is 0.309 bits per heavy atom. The standard InChI is InChI=1S/C75H146O17P2/c1-8-10-11-12-13-34-42-49-56-72(77)85-63-71(92-75(80)59-52-45-38-37-40-47-54-67(5)6)65-90-94(83,84)88-61-69(76)60-87-93(81,82)89-64-70(62-86-73(78)57-50-43-35-30-26-23-22-24-28-32-39-46-53-66(3)4)91-74(79)58-51-44-36-31-27-21-19-17-15-14-16-18-20-25-29-33-41-48-55-68(7)9-2/h66-71,76H,8-65H2,1-7H3,(H,81,82)(H,83,84)/t68?,69-,70-,71-/m1/s1. The summed E-state index contributed by atoms with van der Waals surface area (Å²) in [6, 6.07) is 0. The molecule has 0 aliphatic heterocycles. The van der Waals surface area contributed by atoms with Crippen LogP contribution in [-0.2, 0) is 65.4 Å². The second kappa shape index (κ2) is 65.7. The molecule has 0 radical (unpaired) electrons. The summed E-state index contributed by atoms with van der Waals surface area (Å²) in [7, 11) is -9.90. The number of hydrogen-bond donors (Lipinski definition) is 3. The number of phosphoric acid groups is 2. The van der Waals surface area contributed by atoms with Crippen molar-refractivity contribution < 1.29 is 80.2 Å². The second-order valence-electron chi connectivity index (χ2n) is 28.2. The summed E-state index contributed by atoms with van der Waals surface area (Å²) >= 11 is 0. The number of aliphatic hydroxyl groups excluding tert-OH is 1. The molecule has 0 heterocycles. The first kappa shape index (κ1) is 92.1. The van der Waals surface area contributed by atoms with Gasteiger partial charge in [0.2, 0.25) is 0 Å². The third kappa shape index (κ3) is 67.3. The van der Waals surface area contributed by atoms with Crippen molar-refractivity contribution in [3.63, 3.8) is 0 Å². The fraction of sp³-hybridized carbons (Fsp3) is 0.947. The van der Waals surface area contributed by atoms with Gasteiger partial charge < -0.3 is 33.8 Å². The summed E-state index contributed by atoms with van der Waals surface area (Å²) in [5.74, 6) is 0.195. The molecule has 0 fully saturated rings. The van der Waals surface area contributed by atoms with E-state index in [9.17, 15) is 43.2 Å². The molecular weight excluding hydrogens is 1230 g/mol. The summed E-state index contributed by atoms with van der Waals surface area (Å²) < 4.78 is 68.3. The van der Waals surface area contributed by atoms with Crippen LogP contribution in [0.3, 0.4) is 0 Å². The molecule has 0 saturated carbocycles. The highest BCUT2D eigenvalue weighted by Gasteiger charge is 2.30. The molecule has 0 aromatic carbocycles. The van der Waals surface area contributed by atoms with Crippen molar-refractivity contribution >= 4 is 39.5 Å². The Kier molecular flexibility index (Phi) is 64.3. The molecule has 3 N–H and O–H groups in total. The molecule has 0 aliphatic carbocycles. The summed E-state index contributed by atoms with van der Waals surface area (Å²) in [6.45, 7) is 11.8. The lowest BCUT2D eigenvalue weighted by Gasteiger charge is -2.21. The zero-order chi connectivity index (χ0) is 69.4. The number of esters is 4. The van der Waals surface area contributed by atoms with Crippen LogP contribution in [0.4, 0.5) is 0 Å². The summed E-state index contributed by atoms with van der Waals surface area (Å²) in [4.78, 5) is 72.6. The minimum absolute atomic E-state index is 0.102. The molecule has 3 unspecified atom stereocenters. The molecule has 0 rings (SSSR count). The highest BCUT2D eigenvalue weighted by atomic mass is 31.2.